The van der Waals surface area contributed by atoms with Gasteiger partial charge in [-0.2, -0.15) is 0 Å². The average Bonchev–Trinajstić information content (AvgIpc) is 2.79. The van der Waals surface area contributed by atoms with E-state index in [9.17, 15) is 14.4 Å². The van der Waals surface area contributed by atoms with Crippen LogP contribution in [0.5, 0.6) is 0 Å². The van der Waals surface area contributed by atoms with Crippen molar-refractivity contribution in [3.63, 3.8) is 0 Å². The molecule has 0 bridgehead atoms. The highest BCUT2D eigenvalue weighted by Gasteiger charge is 2.44. The number of methoxy groups -OCH3 is 1. The highest BCUT2D eigenvalue weighted by molar-refractivity contribution is 5.82. The maximum Gasteiger partial charge on any atom is 0.408 e. The van der Waals surface area contributed by atoms with E-state index in [1.165, 1.54) is 7.11 Å². The number of amides is 1. The minimum absolute atomic E-state index is 0.0670. The molecule has 0 heterocycles. The summed E-state index contributed by atoms with van der Waals surface area (Å²) >= 11 is 0. The molecule has 0 radical (unpaired) electrons. The van der Waals surface area contributed by atoms with Crippen LogP contribution in [-0.4, -0.2) is 49.5 Å². The van der Waals surface area contributed by atoms with Crippen LogP contribution < -0.4 is 5.32 Å². The van der Waals surface area contributed by atoms with Gasteiger partial charge in [0.25, 0.3) is 0 Å². The lowest BCUT2D eigenvalue weighted by Crippen LogP contribution is -2.51. The second-order valence-electron chi connectivity index (χ2n) is 9.57. The third-order valence-electron chi connectivity index (χ3n) is 5.68. The smallest absolute Gasteiger partial charge is 0.408 e. The minimum Gasteiger partial charge on any atom is -0.467 e. The zero-order chi connectivity index (χ0) is 24.5. The average molecular weight is 464 g/mol. The maximum absolute atomic E-state index is 13.0. The molecule has 33 heavy (non-hydrogen) atoms. The number of hydrogen-bond donors (Lipinski definition) is 1. The van der Waals surface area contributed by atoms with Crippen molar-refractivity contribution in [2.45, 2.75) is 84.2 Å². The van der Waals surface area contributed by atoms with Gasteiger partial charge in [0.2, 0.25) is 0 Å². The molecular formula is C25H37NO7. The topological polar surface area (TPSA) is 100 Å². The molecule has 1 saturated carbocycles. The summed E-state index contributed by atoms with van der Waals surface area (Å²) in [5.74, 6) is -0.944. The van der Waals surface area contributed by atoms with Crippen molar-refractivity contribution in [1.82, 2.24) is 5.32 Å². The molecule has 0 unspecified atom stereocenters. The number of ether oxygens (including phenoxy) is 4. The van der Waals surface area contributed by atoms with Gasteiger partial charge in [0.15, 0.2) is 6.04 Å². The van der Waals surface area contributed by atoms with Crippen LogP contribution in [0.3, 0.4) is 0 Å². The number of carbonyl (C=O) groups excluding carboxylic acids is 3. The second kappa shape index (κ2) is 12.0. The Kier molecular flexibility index (Phi) is 9.70. The van der Waals surface area contributed by atoms with Gasteiger partial charge in [-0.3, -0.25) is 4.79 Å². The van der Waals surface area contributed by atoms with E-state index in [1.54, 1.807) is 6.92 Å². The number of alkyl carbamates (subject to hydrolysis) is 1. The lowest BCUT2D eigenvalue weighted by molar-refractivity contribution is -0.176. The number of nitrogens with one attached hydrogen (secondary N) is 1. The Morgan fingerprint density at radius 3 is 2.27 bits per heavy atom. The monoisotopic (exact) mass is 463 g/mol. The summed E-state index contributed by atoms with van der Waals surface area (Å²) in [4.78, 5) is 37.7. The molecule has 184 valence electrons. The first-order valence-electron chi connectivity index (χ1n) is 11.5. The zero-order valence-corrected chi connectivity index (χ0v) is 20.3. The largest absolute Gasteiger partial charge is 0.467 e. The number of carbonyl (C=O) groups is 3. The van der Waals surface area contributed by atoms with Crippen molar-refractivity contribution in [2.75, 3.05) is 13.7 Å². The summed E-state index contributed by atoms with van der Waals surface area (Å²) in [7, 11) is 1.24. The van der Waals surface area contributed by atoms with Crippen LogP contribution in [0.15, 0.2) is 30.3 Å². The molecule has 0 aromatic heterocycles. The Labute approximate surface area is 196 Å². The van der Waals surface area contributed by atoms with Crippen LogP contribution in [-0.2, 0) is 35.1 Å². The van der Waals surface area contributed by atoms with Crippen molar-refractivity contribution >= 4 is 18.0 Å². The Balaban J connectivity index is 2.01. The molecule has 0 spiro atoms. The number of benzene rings is 1. The van der Waals surface area contributed by atoms with Crippen LogP contribution in [0.1, 0.15) is 65.4 Å². The van der Waals surface area contributed by atoms with E-state index in [-0.39, 0.29) is 19.2 Å². The number of esters is 2. The third kappa shape index (κ3) is 8.35. The lowest BCUT2D eigenvalue weighted by atomic mass is 9.74. The van der Waals surface area contributed by atoms with Crippen molar-refractivity contribution in [1.29, 1.82) is 0 Å². The Hall–Kier alpha value is -2.61. The van der Waals surface area contributed by atoms with E-state index in [2.05, 4.69) is 5.32 Å². The normalized spacial score (nSPS) is 17.4. The fourth-order valence-corrected chi connectivity index (χ4v) is 3.80. The molecule has 2 rings (SSSR count). The van der Waals surface area contributed by atoms with Crippen molar-refractivity contribution in [2.24, 2.45) is 5.41 Å². The van der Waals surface area contributed by atoms with Gasteiger partial charge in [-0.05, 0) is 46.1 Å². The molecule has 0 saturated heterocycles. The molecule has 1 N–H and O–H groups in total. The summed E-state index contributed by atoms with van der Waals surface area (Å²) in [5.41, 5.74) is -0.553. The van der Waals surface area contributed by atoms with E-state index < -0.39 is 35.2 Å². The van der Waals surface area contributed by atoms with Crippen molar-refractivity contribution in [3.8, 4) is 0 Å². The lowest BCUT2D eigenvalue weighted by Gasteiger charge is -2.38. The van der Waals surface area contributed by atoms with Gasteiger partial charge in [-0.25, -0.2) is 9.59 Å². The predicted octanol–water partition coefficient (Wildman–Crippen LogP) is 4.15. The van der Waals surface area contributed by atoms with Crippen LogP contribution >= 0.6 is 0 Å². The quantitative estimate of drug-likeness (QED) is 0.434. The number of hydrogen-bond acceptors (Lipinski definition) is 7. The van der Waals surface area contributed by atoms with E-state index in [0.717, 1.165) is 24.8 Å². The molecular weight excluding hydrogens is 426 g/mol. The van der Waals surface area contributed by atoms with Gasteiger partial charge in [-0.15, -0.1) is 0 Å². The molecule has 1 aliphatic carbocycles. The molecule has 1 aromatic rings. The predicted molar refractivity (Wildman–Crippen MR) is 122 cm³/mol. The Morgan fingerprint density at radius 1 is 1.06 bits per heavy atom. The summed E-state index contributed by atoms with van der Waals surface area (Å²) in [6.07, 6.45) is 2.67. The fraction of sp³-hybridized carbons (Fsp3) is 0.640. The zero-order valence-electron chi connectivity index (χ0n) is 20.3. The Morgan fingerprint density at radius 2 is 1.70 bits per heavy atom. The Bertz CT molecular complexity index is 782. The third-order valence-corrected chi connectivity index (χ3v) is 5.68. The summed E-state index contributed by atoms with van der Waals surface area (Å²) in [6.45, 7) is 7.33. The number of rotatable bonds is 9. The van der Waals surface area contributed by atoms with Gasteiger partial charge < -0.3 is 24.3 Å². The molecule has 2 atom stereocenters. The molecule has 8 heteroatoms. The first kappa shape index (κ1) is 26.6. The van der Waals surface area contributed by atoms with E-state index in [4.69, 9.17) is 18.9 Å². The SMILES string of the molecule is COC(=O)[C@@H](NC(=O)OCc1ccccc1)[C@@H](C)OCC1(C(=O)OC(C)(C)C)CCCCC1. The van der Waals surface area contributed by atoms with E-state index in [1.807, 2.05) is 51.1 Å². The van der Waals surface area contributed by atoms with Crippen LogP contribution in [0.2, 0.25) is 0 Å². The van der Waals surface area contributed by atoms with E-state index in [0.29, 0.717) is 12.8 Å². The highest BCUT2D eigenvalue weighted by atomic mass is 16.6. The first-order chi connectivity index (χ1) is 15.6. The molecule has 1 amide bonds. The van der Waals surface area contributed by atoms with Gasteiger partial charge in [-0.1, -0.05) is 49.6 Å². The summed E-state index contributed by atoms with van der Waals surface area (Å²) in [6, 6.07) is 8.13. The first-order valence-corrected chi connectivity index (χ1v) is 11.5. The summed E-state index contributed by atoms with van der Waals surface area (Å²) in [5, 5.41) is 2.53. The van der Waals surface area contributed by atoms with Gasteiger partial charge in [0, 0.05) is 0 Å². The fourth-order valence-electron chi connectivity index (χ4n) is 3.80. The highest BCUT2D eigenvalue weighted by Crippen LogP contribution is 2.39. The second-order valence-corrected chi connectivity index (χ2v) is 9.57. The standard InChI is InChI=1S/C25H37NO7/c1-18(32-17-25(14-10-7-11-15-25)22(28)33-24(2,3)4)20(21(27)30-5)26-23(29)31-16-19-12-8-6-9-13-19/h6,8-9,12-13,18,20H,7,10-11,14-17H2,1-5H3,(H,26,29)/t18-,20+/m1/s1. The van der Waals surface area contributed by atoms with Crippen molar-refractivity contribution < 1.29 is 33.3 Å². The molecule has 1 aliphatic rings. The van der Waals surface area contributed by atoms with Crippen LogP contribution in [0, 0.1) is 5.41 Å². The molecule has 1 fully saturated rings. The van der Waals surface area contributed by atoms with Crippen LogP contribution in [0.4, 0.5) is 4.79 Å². The summed E-state index contributed by atoms with van der Waals surface area (Å²) < 4.78 is 21.7. The molecule has 8 nitrogen and oxygen atoms in total. The minimum atomic E-state index is -1.09. The van der Waals surface area contributed by atoms with Crippen molar-refractivity contribution in [3.05, 3.63) is 35.9 Å². The molecule has 0 aliphatic heterocycles. The van der Waals surface area contributed by atoms with Gasteiger partial charge >= 0.3 is 18.0 Å². The van der Waals surface area contributed by atoms with Gasteiger partial charge in [0.1, 0.15) is 12.2 Å². The van der Waals surface area contributed by atoms with E-state index >= 15 is 0 Å². The molecule has 1 aromatic carbocycles. The van der Waals surface area contributed by atoms with Gasteiger partial charge in [0.05, 0.1) is 25.2 Å². The van der Waals surface area contributed by atoms with Crippen LogP contribution in [0.25, 0.3) is 0 Å². The maximum atomic E-state index is 13.0.